The fourth-order valence-corrected chi connectivity index (χ4v) is 5.42. The van der Waals surface area contributed by atoms with Crippen LogP contribution in [0, 0.1) is 5.82 Å². The van der Waals surface area contributed by atoms with E-state index in [9.17, 15) is 14.3 Å². The van der Waals surface area contributed by atoms with Gasteiger partial charge in [0.05, 0.1) is 13.2 Å². The van der Waals surface area contributed by atoms with Gasteiger partial charge in [-0.2, -0.15) is 0 Å². The van der Waals surface area contributed by atoms with Crippen molar-refractivity contribution in [3.8, 4) is 5.75 Å². The molecule has 8 heteroatoms. The zero-order chi connectivity index (χ0) is 27.3. The number of carbonyl (C=O) groups is 1. The van der Waals surface area contributed by atoms with Gasteiger partial charge >= 0.3 is 5.97 Å². The smallest absolute Gasteiger partial charge is 0.325 e. The monoisotopic (exact) mass is 527 g/mol. The first-order chi connectivity index (χ1) is 18.2. The van der Waals surface area contributed by atoms with E-state index in [0.29, 0.717) is 25.3 Å². The van der Waals surface area contributed by atoms with Crippen molar-refractivity contribution in [1.29, 1.82) is 0 Å². The number of rotatable bonds is 11. The van der Waals surface area contributed by atoms with Gasteiger partial charge in [0.2, 0.25) is 0 Å². The Hall–Kier alpha value is -2.71. The lowest BCUT2D eigenvalue weighted by Gasteiger charge is -2.28. The van der Waals surface area contributed by atoms with E-state index in [1.54, 1.807) is 6.07 Å². The number of pyridine rings is 1. The van der Waals surface area contributed by atoms with Gasteiger partial charge in [0.25, 0.3) is 0 Å². The number of likely N-dealkylation sites (tertiary alicyclic amines) is 1. The molecule has 0 bridgehead atoms. The van der Waals surface area contributed by atoms with Crippen LogP contribution in [0.25, 0.3) is 0 Å². The summed E-state index contributed by atoms with van der Waals surface area (Å²) in [6.45, 7) is 8.65. The number of halogens is 1. The van der Waals surface area contributed by atoms with E-state index in [1.165, 1.54) is 25.2 Å². The Balaban J connectivity index is 1.27. The number of aromatic nitrogens is 1. The fraction of sp³-hybridized carbons (Fsp3) is 0.600. The lowest BCUT2D eigenvalue weighted by atomic mass is 9.84. The molecule has 1 aromatic carbocycles. The van der Waals surface area contributed by atoms with Gasteiger partial charge in [-0.15, -0.1) is 0 Å². The number of methoxy groups -OCH3 is 1. The molecule has 2 aliphatic rings. The van der Waals surface area contributed by atoms with E-state index < -0.39 is 17.8 Å². The molecule has 0 unspecified atom stereocenters. The number of nitrogens with one attached hydrogen (secondary N) is 1. The van der Waals surface area contributed by atoms with Gasteiger partial charge in [-0.25, -0.2) is 9.37 Å². The van der Waals surface area contributed by atoms with E-state index in [1.807, 2.05) is 25.7 Å². The summed E-state index contributed by atoms with van der Waals surface area (Å²) in [5.41, 5.74) is 3.22. The minimum Gasteiger partial charge on any atom is -0.493 e. The van der Waals surface area contributed by atoms with Crippen LogP contribution in [0.1, 0.15) is 81.3 Å². The summed E-state index contributed by atoms with van der Waals surface area (Å²) in [5, 5.41) is 13.5. The van der Waals surface area contributed by atoms with E-state index in [2.05, 4.69) is 17.4 Å². The molecule has 3 heterocycles. The summed E-state index contributed by atoms with van der Waals surface area (Å²) in [4.78, 5) is 19.0. The minimum absolute atomic E-state index is 0.000957. The molecule has 2 atom stereocenters. The first kappa shape index (κ1) is 28.3. The lowest BCUT2D eigenvalue weighted by molar-refractivity contribution is -0.143. The van der Waals surface area contributed by atoms with Crippen molar-refractivity contribution in [2.45, 2.75) is 83.3 Å². The molecule has 0 amide bonds. The summed E-state index contributed by atoms with van der Waals surface area (Å²) in [7, 11) is 1.38. The molecular formula is C30H42FN3O4. The van der Waals surface area contributed by atoms with Gasteiger partial charge in [0, 0.05) is 37.5 Å². The number of hydrogen-bond donors (Lipinski definition) is 2. The standard InChI is InChI=1S/C30H42FN3O4/c1-30(2,3)21-17-24(27(37-4)25(31)18-21)26(29(35)36)34-15-13-23(19-34)38-16-7-5-6-10-22-12-11-20-9-8-14-32-28(20)33-22/h11-12,17-18,23,26H,5-10,13-16,19H2,1-4H3,(H,32,33)(H,35,36)/t23-,26+/m1/s1. The predicted molar refractivity (Wildman–Crippen MR) is 147 cm³/mol. The van der Waals surface area contributed by atoms with Crippen molar-refractivity contribution >= 4 is 11.8 Å². The summed E-state index contributed by atoms with van der Waals surface area (Å²) >= 11 is 0. The number of unbranched alkanes of at least 4 members (excludes halogenated alkanes) is 2. The first-order valence-corrected chi connectivity index (χ1v) is 13.9. The number of anilines is 1. The van der Waals surface area contributed by atoms with Crippen LogP contribution in [0.15, 0.2) is 24.3 Å². The molecule has 208 valence electrons. The van der Waals surface area contributed by atoms with Crippen molar-refractivity contribution in [3.63, 3.8) is 0 Å². The molecule has 1 fully saturated rings. The van der Waals surface area contributed by atoms with E-state index >= 15 is 0 Å². The zero-order valence-corrected chi connectivity index (χ0v) is 23.2. The number of carboxylic acid groups (broad SMARTS) is 1. The molecule has 0 radical (unpaired) electrons. The van der Waals surface area contributed by atoms with Crippen molar-refractivity contribution in [3.05, 3.63) is 52.5 Å². The molecule has 1 aromatic heterocycles. The average molecular weight is 528 g/mol. The van der Waals surface area contributed by atoms with Crippen LogP contribution in [0.2, 0.25) is 0 Å². The van der Waals surface area contributed by atoms with Crippen molar-refractivity contribution in [1.82, 2.24) is 9.88 Å². The third-order valence-electron chi connectivity index (χ3n) is 7.60. The van der Waals surface area contributed by atoms with Gasteiger partial charge in [0.1, 0.15) is 11.9 Å². The Labute approximate surface area is 225 Å². The predicted octanol–water partition coefficient (Wildman–Crippen LogP) is 5.51. The zero-order valence-electron chi connectivity index (χ0n) is 23.2. The topological polar surface area (TPSA) is 83.9 Å². The Bertz CT molecular complexity index is 1120. The maximum atomic E-state index is 14.9. The van der Waals surface area contributed by atoms with Gasteiger partial charge in [-0.3, -0.25) is 9.69 Å². The molecule has 7 nitrogen and oxygen atoms in total. The van der Waals surface area contributed by atoms with Crippen LogP contribution in [0.5, 0.6) is 5.75 Å². The van der Waals surface area contributed by atoms with Crippen molar-refractivity contribution < 1.29 is 23.8 Å². The number of nitrogens with zero attached hydrogens (tertiary/aromatic N) is 2. The second-order valence-corrected chi connectivity index (χ2v) is 11.5. The molecule has 4 rings (SSSR count). The van der Waals surface area contributed by atoms with Crippen molar-refractivity contribution in [2.75, 3.05) is 38.7 Å². The summed E-state index contributed by atoms with van der Waals surface area (Å²) < 4.78 is 26.3. The Morgan fingerprint density at radius 2 is 2.08 bits per heavy atom. The lowest BCUT2D eigenvalue weighted by Crippen LogP contribution is -2.34. The highest BCUT2D eigenvalue weighted by atomic mass is 19.1. The second kappa shape index (κ2) is 12.4. The van der Waals surface area contributed by atoms with Crippen LogP contribution in [-0.2, 0) is 27.8 Å². The normalized spacial score (nSPS) is 18.6. The first-order valence-electron chi connectivity index (χ1n) is 13.9. The summed E-state index contributed by atoms with van der Waals surface area (Å²) in [5.74, 6) is -0.498. The van der Waals surface area contributed by atoms with Crippen molar-refractivity contribution in [2.24, 2.45) is 0 Å². The number of carboxylic acids is 1. The Morgan fingerprint density at radius 1 is 1.26 bits per heavy atom. The molecule has 0 spiro atoms. The van der Waals surface area contributed by atoms with Crippen LogP contribution >= 0.6 is 0 Å². The fourth-order valence-electron chi connectivity index (χ4n) is 5.42. The third-order valence-corrected chi connectivity index (χ3v) is 7.60. The molecule has 2 N–H and O–H groups in total. The third kappa shape index (κ3) is 6.83. The minimum atomic E-state index is -1.01. The Kier molecular flexibility index (Phi) is 9.26. The van der Waals surface area contributed by atoms with Gasteiger partial charge in [-0.1, -0.05) is 33.3 Å². The highest BCUT2D eigenvalue weighted by molar-refractivity contribution is 5.77. The quantitative estimate of drug-likeness (QED) is 0.373. The number of benzene rings is 1. The molecule has 38 heavy (non-hydrogen) atoms. The van der Waals surface area contributed by atoms with Crippen LogP contribution in [0.3, 0.4) is 0 Å². The molecular weight excluding hydrogens is 485 g/mol. The maximum absolute atomic E-state index is 14.9. The highest BCUT2D eigenvalue weighted by Gasteiger charge is 2.37. The molecule has 0 aliphatic carbocycles. The SMILES string of the molecule is COc1c(F)cc(C(C)(C)C)cc1[C@@H](C(=O)O)N1CC[C@@H](OCCCCCc2ccc3c(n2)NCCC3)C1. The van der Waals surface area contributed by atoms with Crippen LogP contribution in [-0.4, -0.2) is 60.4 Å². The van der Waals surface area contributed by atoms with E-state index in [0.717, 1.165) is 62.1 Å². The number of fused-ring (bicyclic) bond motifs is 1. The van der Waals surface area contributed by atoms with Gasteiger partial charge in [0.15, 0.2) is 11.6 Å². The molecule has 0 saturated carbocycles. The van der Waals surface area contributed by atoms with E-state index in [4.69, 9.17) is 14.5 Å². The highest BCUT2D eigenvalue weighted by Crippen LogP contribution is 2.38. The largest absolute Gasteiger partial charge is 0.493 e. The molecule has 2 aliphatic heterocycles. The van der Waals surface area contributed by atoms with Gasteiger partial charge in [-0.05, 0) is 73.3 Å². The van der Waals surface area contributed by atoms with E-state index in [-0.39, 0.29) is 17.3 Å². The van der Waals surface area contributed by atoms with Crippen LogP contribution in [0.4, 0.5) is 10.2 Å². The number of aryl methyl sites for hydroxylation is 2. The second-order valence-electron chi connectivity index (χ2n) is 11.5. The number of hydrogen-bond acceptors (Lipinski definition) is 6. The average Bonchev–Trinajstić information content (AvgIpc) is 3.33. The molecule has 1 saturated heterocycles. The number of aliphatic carboxylic acids is 1. The van der Waals surface area contributed by atoms with Gasteiger partial charge < -0.3 is 19.9 Å². The Morgan fingerprint density at radius 3 is 2.82 bits per heavy atom. The van der Waals surface area contributed by atoms with Crippen LogP contribution < -0.4 is 10.1 Å². The number of ether oxygens (including phenoxy) is 2. The maximum Gasteiger partial charge on any atom is 0.325 e. The summed E-state index contributed by atoms with van der Waals surface area (Å²) in [6.07, 6.45) is 7.01. The molecule has 2 aromatic rings. The summed E-state index contributed by atoms with van der Waals surface area (Å²) in [6, 6.07) is 6.57.